The van der Waals surface area contributed by atoms with Crippen LogP contribution in [-0.2, 0) is 21.4 Å². The second-order valence-corrected chi connectivity index (χ2v) is 12.2. The minimum absolute atomic E-state index is 0.0105. The van der Waals surface area contributed by atoms with Gasteiger partial charge in [0, 0.05) is 12.6 Å². The molecule has 0 fully saturated rings. The van der Waals surface area contributed by atoms with Crippen molar-refractivity contribution in [1.82, 2.24) is 25.5 Å². The lowest BCUT2D eigenvalue weighted by atomic mass is 9.87. The van der Waals surface area contributed by atoms with Crippen molar-refractivity contribution in [2.75, 3.05) is 24.2 Å². The van der Waals surface area contributed by atoms with Crippen molar-refractivity contribution < 1.29 is 24.5 Å². The van der Waals surface area contributed by atoms with E-state index in [1.54, 1.807) is 18.2 Å². The van der Waals surface area contributed by atoms with Crippen LogP contribution in [0.25, 0.3) is 5.69 Å². The summed E-state index contributed by atoms with van der Waals surface area (Å²) in [5, 5.41) is 37.3. The van der Waals surface area contributed by atoms with Gasteiger partial charge in [0.25, 0.3) is 5.91 Å². The Morgan fingerprint density at radius 2 is 1.77 bits per heavy atom. The molecule has 2 amide bonds. The number of ether oxygens (including phenoxy) is 1. The largest absolute Gasteiger partial charge is 0.504 e. The van der Waals surface area contributed by atoms with Gasteiger partial charge in [-0.3, -0.25) is 9.59 Å². The minimum Gasteiger partial charge on any atom is -0.504 e. The lowest BCUT2D eigenvalue weighted by Gasteiger charge is -2.20. The standard InChI is InChI=1S/C29H30Cl2N6O5S/c1-29(2,3)18-5-8-23(21(31)13-18)37-28(34-35-36-37)43-16-27(41)33-22-7-6-19(14-20(22)30)42-15-26(40)32-11-10-17-4-9-24(38)25(39)12-17/h4-9,12-14,38-39H,10-11,15-16H2,1-3H3,(H,32,40)(H,33,41). The molecule has 0 saturated heterocycles. The molecule has 4 aromatic rings. The topological polar surface area (TPSA) is 151 Å². The van der Waals surface area contributed by atoms with Crippen molar-refractivity contribution in [2.45, 2.75) is 37.8 Å². The minimum atomic E-state index is -0.345. The van der Waals surface area contributed by atoms with Gasteiger partial charge in [-0.15, -0.1) is 5.10 Å². The summed E-state index contributed by atoms with van der Waals surface area (Å²) in [7, 11) is 0. The summed E-state index contributed by atoms with van der Waals surface area (Å²) >= 11 is 14.0. The van der Waals surface area contributed by atoms with Gasteiger partial charge in [0.15, 0.2) is 18.1 Å². The molecule has 4 N–H and O–H groups in total. The zero-order valence-electron chi connectivity index (χ0n) is 23.6. The first-order valence-corrected chi connectivity index (χ1v) is 14.9. The molecule has 0 aliphatic carbocycles. The summed E-state index contributed by atoms with van der Waals surface area (Å²) in [5.41, 5.74) is 2.74. The van der Waals surface area contributed by atoms with Crippen LogP contribution in [-0.4, -0.2) is 61.1 Å². The van der Waals surface area contributed by atoms with E-state index in [1.165, 1.54) is 22.9 Å². The van der Waals surface area contributed by atoms with E-state index >= 15 is 0 Å². The summed E-state index contributed by atoms with van der Waals surface area (Å²) in [4.78, 5) is 24.8. The van der Waals surface area contributed by atoms with Gasteiger partial charge >= 0.3 is 0 Å². The summed E-state index contributed by atoms with van der Waals surface area (Å²) in [6, 6.07) is 14.9. The van der Waals surface area contributed by atoms with Crippen LogP contribution in [0.1, 0.15) is 31.9 Å². The highest BCUT2D eigenvalue weighted by Crippen LogP contribution is 2.31. The van der Waals surface area contributed by atoms with E-state index in [0.717, 1.165) is 22.9 Å². The summed E-state index contributed by atoms with van der Waals surface area (Å²) in [6.07, 6.45) is 0.464. The van der Waals surface area contributed by atoms with Gasteiger partial charge < -0.3 is 25.6 Å². The highest BCUT2D eigenvalue weighted by Gasteiger charge is 2.19. The van der Waals surface area contributed by atoms with Crippen molar-refractivity contribution in [2.24, 2.45) is 0 Å². The van der Waals surface area contributed by atoms with Crippen LogP contribution >= 0.6 is 35.0 Å². The van der Waals surface area contributed by atoms with Crippen LogP contribution in [0.15, 0.2) is 59.8 Å². The van der Waals surface area contributed by atoms with E-state index in [-0.39, 0.29) is 46.1 Å². The first-order valence-electron chi connectivity index (χ1n) is 13.1. The van der Waals surface area contributed by atoms with Crippen LogP contribution in [0.5, 0.6) is 17.2 Å². The van der Waals surface area contributed by atoms with Crippen LogP contribution in [0.3, 0.4) is 0 Å². The average molecular weight is 646 g/mol. The number of hydrogen-bond donors (Lipinski definition) is 4. The second-order valence-electron chi connectivity index (χ2n) is 10.5. The molecular weight excluding hydrogens is 615 g/mol. The molecule has 0 bridgehead atoms. The molecule has 0 unspecified atom stereocenters. The number of aromatic hydroxyl groups is 2. The number of tetrazole rings is 1. The van der Waals surface area contributed by atoms with Crippen LogP contribution < -0.4 is 15.4 Å². The predicted octanol–water partition coefficient (Wildman–Crippen LogP) is 5.15. The van der Waals surface area contributed by atoms with Crippen LogP contribution in [0, 0.1) is 0 Å². The van der Waals surface area contributed by atoms with Gasteiger partial charge in [0.05, 0.1) is 27.2 Å². The Bertz CT molecular complexity index is 1630. The average Bonchev–Trinajstić information content (AvgIpc) is 3.42. The molecule has 11 nitrogen and oxygen atoms in total. The van der Waals surface area contributed by atoms with Crippen molar-refractivity contribution >= 4 is 52.5 Å². The SMILES string of the molecule is CC(C)(C)c1ccc(-n2nnnc2SCC(=O)Nc2ccc(OCC(=O)NCCc3ccc(O)c(O)c3)cc2Cl)c(Cl)c1. The third-order valence-electron chi connectivity index (χ3n) is 6.18. The number of hydrogen-bond acceptors (Lipinski definition) is 9. The molecule has 0 aliphatic heterocycles. The fourth-order valence-corrected chi connectivity index (χ4v) is 5.00. The Morgan fingerprint density at radius 3 is 2.47 bits per heavy atom. The normalized spacial score (nSPS) is 11.3. The molecule has 43 heavy (non-hydrogen) atoms. The molecule has 0 radical (unpaired) electrons. The number of carbonyl (C=O) groups is 2. The fraction of sp³-hybridized carbons (Fsp3) is 0.276. The molecule has 3 aromatic carbocycles. The Kier molecular flexibility index (Phi) is 10.4. The predicted molar refractivity (Wildman–Crippen MR) is 166 cm³/mol. The van der Waals surface area contributed by atoms with Gasteiger partial charge in [-0.2, -0.15) is 4.68 Å². The van der Waals surface area contributed by atoms with E-state index < -0.39 is 0 Å². The van der Waals surface area contributed by atoms with E-state index in [1.807, 2.05) is 18.2 Å². The number of phenols is 2. The number of phenolic OH excluding ortho intramolecular Hbond substituents is 2. The lowest BCUT2D eigenvalue weighted by Crippen LogP contribution is -2.30. The van der Waals surface area contributed by atoms with Crippen molar-refractivity contribution in [1.29, 1.82) is 0 Å². The molecule has 1 heterocycles. The first kappa shape index (κ1) is 31.9. The van der Waals surface area contributed by atoms with Gasteiger partial charge in [-0.05, 0) is 69.8 Å². The molecule has 226 valence electrons. The fourth-order valence-electron chi connectivity index (χ4n) is 3.84. The number of halogens is 2. The maximum Gasteiger partial charge on any atom is 0.257 e. The molecule has 1 aromatic heterocycles. The number of aromatic nitrogens is 4. The van der Waals surface area contributed by atoms with Crippen molar-refractivity contribution in [3.8, 4) is 22.9 Å². The van der Waals surface area contributed by atoms with Crippen LogP contribution in [0.2, 0.25) is 10.0 Å². The number of nitrogens with zero attached hydrogens (tertiary/aromatic N) is 4. The molecule has 14 heteroatoms. The number of benzene rings is 3. The molecule has 0 aliphatic rings. The summed E-state index contributed by atoms with van der Waals surface area (Å²) in [5.74, 6) is -0.729. The monoisotopic (exact) mass is 644 g/mol. The lowest BCUT2D eigenvalue weighted by molar-refractivity contribution is -0.123. The zero-order valence-corrected chi connectivity index (χ0v) is 25.9. The highest BCUT2D eigenvalue weighted by molar-refractivity contribution is 7.99. The molecule has 0 saturated carbocycles. The maximum atomic E-state index is 12.7. The second kappa shape index (κ2) is 14.0. The number of amides is 2. The Hall–Kier alpha value is -4.00. The van der Waals surface area contributed by atoms with E-state index in [9.17, 15) is 19.8 Å². The Morgan fingerprint density at radius 1 is 0.977 bits per heavy atom. The number of thioether (sulfide) groups is 1. The summed E-state index contributed by atoms with van der Waals surface area (Å²) in [6.45, 7) is 6.37. The van der Waals surface area contributed by atoms with Gasteiger partial charge in [0.2, 0.25) is 11.1 Å². The van der Waals surface area contributed by atoms with Crippen LogP contribution in [0.4, 0.5) is 5.69 Å². The molecule has 0 spiro atoms. The summed E-state index contributed by atoms with van der Waals surface area (Å²) < 4.78 is 7.00. The highest BCUT2D eigenvalue weighted by atomic mass is 35.5. The van der Waals surface area contributed by atoms with E-state index in [0.29, 0.717) is 40.3 Å². The van der Waals surface area contributed by atoms with Crippen molar-refractivity contribution in [3.63, 3.8) is 0 Å². The zero-order chi connectivity index (χ0) is 31.1. The Balaban J connectivity index is 1.25. The number of anilines is 1. The molecule has 4 rings (SSSR count). The van der Waals surface area contributed by atoms with E-state index in [4.69, 9.17) is 27.9 Å². The maximum absolute atomic E-state index is 12.7. The molecular formula is C29H30Cl2N6O5S. The van der Waals surface area contributed by atoms with Gasteiger partial charge in [-0.1, -0.05) is 67.9 Å². The van der Waals surface area contributed by atoms with Crippen molar-refractivity contribution in [3.05, 3.63) is 75.8 Å². The van der Waals surface area contributed by atoms with E-state index in [2.05, 4.69) is 46.9 Å². The first-order chi connectivity index (χ1) is 20.4. The van der Waals surface area contributed by atoms with Gasteiger partial charge in [-0.25, -0.2) is 0 Å². The van der Waals surface area contributed by atoms with Gasteiger partial charge in [0.1, 0.15) is 5.75 Å². The number of rotatable bonds is 11. The Labute approximate surface area is 262 Å². The smallest absolute Gasteiger partial charge is 0.257 e. The third-order valence-corrected chi connectivity index (χ3v) is 7.71. The third kappa shape index (κ3) is 8.76. The number of nitrogens with one attached hydrogen (secondary N) is 2. The quantitative estimate of drug-likeness (QED) is 0.128. The number of carbonyl (C=O) groups excluding carboxylic acids is 2. The molecule has 0 atom stereocenters.